The Labute approximate surface area is 108 Å². The number of hydrogen-bond donors (Lipinski definition) is 3. The summed E-state index contributed by atoms with van der Waals surface area (Å²) >= 11 is 0. The summed E-state index contributed by atoms with van der Waals surface area (Å²) in [7, 11) is 2.13. The van der Waals surface area contributed by atoms with E-state index in [0.717, 1.165) is 19.5 Å². The second-order valence-electron chi connectivity index (χ2n) is 4.83. The summed E-state index contributed by atoms with van der Waals surface area (Å²) in [5.74, 6) is 0.675. The molecule has 0 radical (unpaired) electrons. The van der Waals surface area contributed by atoms with Crippen LogP contribution in [0, 0.1) is 11.4 Å². The molecule has 0 aliphatic carbocycles. The number of nitrogens with zero attached hydrogens (tertiary/aromatic N) is 2. The number of hydrogen-bond acceptors (Lipinski definition) is 5. The van der Waals surface area contributed by atoms with Crippen LogP contribution in [0.3, 0.4) is 0 Å². The second-order valence-corrected chi connectivity index (χ2v) is 4.83. The Morgan fingerprint density at radius 3 is 2.78 bits per heavy atom. The highest BCUT2D eigenvalue weighted by Crippen LogP contribution is 2.20. The van der Waals surface area contributed by atoms with Crippen molar-refractivity contribution in [1.29, 1.82) is 5.53 Å². The molecule has 6 nitrogen and oxygen atoms in total. The maximum Gasteiger partial charge on any atom is 0.220 e. The van der Waals surface area contributed by atoms with Gasteiger partial charge >= 0.3 is 0 Å². The molecule has 1 saturated heterocycles. The van der Waals surface area contributed by atoms with Crippen molar-refractivity contribution >= 4 is 5.91 Å². The lowest BCUT2D eigenvalue weighted by molar-refractivity contribution is -0.121. The number of rotatable bonds is 6. The van der Waals surface area contributed by atoms with Crippen LogP contribution in [0.5, 0.6) is 0 Å². The summed E-state index contributed by atoms with van der Waals surface area (Å²) < 4.78 is 0. The molecule has 6 heteroatoms. The zero-order valence-electron chi connectivity index (χ0n) is 11.0. The Balaban J connectivity index is 2.15. The van der Waals surface area contributed by atoms with E-state index in [1.165, 1.54) is 19.0 Å². The van der Waals surface area contributed by atoms with Gasteiger partial charge in [0.2, 0.25) is 5.91 Å². The summed E-state index contributed by atoms with van der Waals surface area (Å²) in [5.41, 5.74) is 12.4. The third-order valence-corrected chi connectivity index (χ3v) is 3.42. The topological polar surface area (TPSA) is 94.6 Å². The number of carbonyl (C=O) groups is 1. The third-order valence-electron chi connectivity index (χ3n) is 3.42. The van der Waals surface area contributed by atoms with E-state index in [2.05, 4.69) is 22.4 Å². The van der Waals surface area contributed by atoms with E-state index >= 15 is 0 Å². The molecule has 1 fully saturated rings. The lowest BCUT2D eigenvalue weighted by Crippen LogP contribution is -2.31. The molecule has 18 heavy (non-hydrogen) atoms. The zero-order valence-corrected chi connectivity index (χ0v) is 11.0. The predicted octanol–water partition coefficient (Wildman–Crippen LogP) is 1.06. The molecule has 0 atom stereocenters. The van der Waals surface area contributed by atoms with Crippen molar-refractivity contribution in [3.8, 4) is 0 Å². The van der Waals surface area contributed by atoms with Gasteiger partial charge in [-0.15, -0.1) is 0 Å². The Morgan fingerprint density at radius 1 is 1.56 bits per heavy atom. The molecule has 1 aliphatic heterocycles. The van der Waals surface area contributed by atoms with Gasteiger partial charge in [-0.1, -0.05) is 0 Å². The molecule has 0 saturated carbocycles. The van der Waals surface area contributed by atoms with Crippen LogP contribution in [0.2, 0.25) is 0 Å². The second kappa shape index (κ2) is 7.81. The van der Waals surface area contributed by atoms with Crippen LogP contribution in [0.25, 0.3) is 0 Å². The first-order valence-electron chi connectivity index (χ1n) is 6.39. The molecule has 1 amide bonds. The van der Waals surface area contributed by atoms with Gasteiger partial charge in [-0.25, -0.2) is 5.53 Å². The van der Waals surface area contributed by atoms with Crippen molar-refractivity contribution in [1.82, 2.24) is 10.2 Å². The van der Waals surface area contributed by atoms with Crippen LogP contribution in [-0.2, 0) is 4.79 Å². The normalized spacial score (nSPS) is 18.6. The van der Waals surface area contributed by atoms with E-state index in [9.17, 15) is 4.79 Å². The van der Waals surface area contributed by atoms with E-state index < -0.39 is 0 Å². The highest BCUT2D eigenvalue weighted by Gasteiger charge is 2.17. The minimum atomic E-state index is 0.0110. The Hall–Kier alpha value is -1.43. The first-order chi connectivity index (χ1) is 8.65. The summed E-state index contributed by atoms with van der Waals surface area (Å²) in [6.07, 6.45) is 5.09. The number of piperidine rings is 1. The van der Waals surface area contributed by atoms with Crippen molar-refractivity contribution in [3.05, 3.63) is 11.9 Å². The van der Waals surface area contributed by atoms with Gasteiger partial charge < -0.3 is 16.0 Å². The molecule has 0 unspecified atom stereocenters. The highest BCUT2D eigenvalue weighted by molar-refractivity contribution is 5.76. The van der Waals surface area contributed by atoms with E-state index in [4.69, 9.17) is 11.3 Å². The van der Waals surface area contributed by atoms with Gasteiger partial charge in [0.05, 0.1) is 12.2 Å². The van der Waals surface area contributed by atoms with Crippen molar-refractivity contribution in [2.24, 2.45) is 16.8 Å². The van der Waals surface area contributed by atoms with Gasteiger partial charge in [0.25, 0.3) is 0 Å². The van der Waals surface area contributed by atoms with Crippen LogP contribution in [0.1, 0.15) is 25.7 Å². The number of amides is 1. The fourth-order valence-electron chi connectivity index (χ4n) is 2.10. The lowest BCUT2D eigenvalue weighted by Gasteiger charge is -2.28. The molecule has 0 aromatic carbocycles. The van der Waals surface area contributed by atoms with E-state index in [1.807, 2.05) is 0 Å². The zero-order chi connectivity index (χ0) is 13.4. The molecule has 1 heterocycles. The van der Waals surface area contributed by atoms with E-state index in [-0.39, 0.29) is 12.5 Å². The molecule has 1 aliphatic rings. The number of likely N-dealkylation sites (tertiary alicyclic amines) is 1. The standard InChI is InChI=1S/C12H23N5O/c1-17-6-4-10(5-7-17)2-3-12(18)15-9-11(8-13)16-14/h8,10,14H,2-7,9,13H2,1H3,(H,15,18)/b11-8-,16-14?. The Morgan fingerprint density at radius 2 is 2.22 bits per heavy atom. The largest absolute Gasteiger partial charge is 0.403 e. The number of nitrogens with one attached hydrogen (secondary N) is 2. The molecule has 0 bridgehead atoms. The number of nitrogens with two attached hydrogens (primary N) is 1. The average molecular weight is 253 g/mol. The first-order valence-corrected chi connectivity index (χ1v) is 6.39. The molecule has 102 valence electrons. The van der Waals surface area contributed by atoms with Crippen molar-refractivity contribution in [2.75, 3.05) is 26.7 Å². The monoisotopic (exact) mass is 253 g/mol. The minimum Gasteiger partial charge on any atom is -0.403 e. The molecule has 4 N–H and O–H groups in total. The van der Waals surface area contributed by atoms with Crippen LogP contribution < -0.4 is 11.1 Å². The van der Waals surface area contributed by atoms with Crippen LogP contribution in [0.15, 0.2) is 17.0 Å². The van der Waals surface area contributed by atoms with E-state index in [1.54, 1.807) is 0 Å². The number of carbonyl (C=O) groups excluding carboxylic acids is 1. The molecule has 0 spiro atoms. The van der Waals surface area contributed by atoms with Crippen LogP contribution in [-0.4, -0.2) is 37.5 Å². The van der Waals surface area contributed by atoms with Crippen molar-refractivity contribution < 1.29 is 4.79 Å². The van der Waals surface area contributed by atoms with E-state index in [0.29, 0.717) is 18.0 Å². The fraction of sp³-hybridized carbons (Fsp3) is 0.750. The Kier molecular flexibility index (Phi) is 6.35. The van der Waals surface area contributed by atoms with Gasteiger partial charge in [0.15, 0.2) is 0 Å². The van der Waals surface area contributed by atoms with Gasteiger partial charge in [0.1, 0.15) is 0 Å². The molecule has 0 aromatic rings. The molecular formula is C12H23N5O. The molecule has 1 rings (SSSR count). The lowest BCUT2D eigenvalue weighted by atomic mass is 9.92. The summed E-state index contributed by atoms with van der Waals surface area (Å²) in [6.45, 7) is 2.50. The maximum atomic E-state index is 11.6. The van der Waals surface area contributed by atoms with Crippen molar-refractivity contribution in [3.63, 3.8) is 0 Å². The van der Waals surface area contributed by atoms with Crippen LogP contribution in [0.4, 0.5) is 0 Å². The third kappa shape index (κ3) is 5.27. The summed E-state index contributed by atoms with van der Waals surface area (Å²) in [5, 5.41) is 5.92. The van der Waals surface area contributed by atoms with Gasteiger partial charge in [-0.05, 0) is 45.3 Å². The van der Waals surface area contributed by atoms with Gasteiger partial charge in [-0.3, -0.25) is 4.79 Å². The quantitative estimate of drug-likeness (QED) is 0.618. The van der Waals surface area contributed by atoms with Crippen molar-refractivity contribution in [2.45, 2.75) is 25.7 Å². The predicted molar refractivity (Wildman–Crippen MR) is 69.9 cm³/mol. The average Bonchev–Trinajstić information content (AvgIpc) is 2.39. The molecular weight excluding hydrogens is 230 g/mol. The molecule has 0 aromatic heterocycles. The maximum absolute atomic E-state index is 11.6. The van der Waals surface area contributed by atoms with Gasteiger partial charge in [0, 0.05) is 12.6 Å². The SMILES string of the molecule is CN1CCC(CCC(=O)NC/C(=C/N)N=N)CC1. The first kappa shape index (κ1) is 14.6. The summed E-state index contributed by atoms with van der Waals surface area (Å²) in [6, 6.07) is 0. The van der Waals surface area contributed by atoms with Crippen LogP contribution >= 0.6 is 0 Å². The van der Waals surface area contributed by atoms with Gasteiger partial charge in [-0.2, -0.15) is 5.11 Å². The summed E-state index contributed by atoms with van der Waals surface area (Å²) in [4.78, 5) is 13.9. The fourth-order valence-corrected chi connectivity index (χ4v) is 2.10. The smallest absolute Gasteiger partial charge is 0.220 e. The minimum absolute atomic E-state index is 0.0110. The Bertz CT molecular complexity index is 308. The highest BCUT2D eigenvalue weighted by atomic mass is 16.1.